The minimum atomic E-state index is -0.202. The Morgan fingerprint density at radius 3 is 2.50 bits per heavy atom. The zero-order valence-corrected chi connectivity index (χ0v) is 24.6. The number of aliphatic hydroxyl groups excluding tert-OH is 1. The maximum atomic E-state index is 12.4. The Labute approximate surface area is 231 Å². The van der Waals surface area contributed by atoms with Gasteiger partial charge in [-0.1, -0.05) is 27.2 Å². The number of hydrogen-bond donors (Lipinski definition) is 1. The van der Waals surface area contributed by atoms with Crippen molar-refractivity contribution < 1.29 is 19.4 Å². The molecule has 216 valence electrons. The first-order valence-corrected chi connectivity index (χ1v) is 16.2. The van der Waals surface area contributed by atoms with Crippen molar-refractivity contribution in [3.8, 4) is 0 Å². The number of carbonyl (C=O) groups excluding carboxylic acids is 1. The first kappa shape index (κ1) is 27.5. The highest BCUT2D eigenvalue weighted by molar-refractivity contribution is 5.66. The Hall–Kier alpha value is -0.690. The number of ether oxygens (including phenoxy) is 2. The fourth-order valence-corrected chi connectivity index (χ4v) is 11.1. The number of fused-ring (bicyclic) bond motifs is 5. The lowest BCUT2D eigenvalue weighted by Crippen LogP contribution is -2.61. The van der Waals surface area contributed by atoms with E-state index in [1.165, 1.54) is 64.5 Å². The van der Waals surface area contributed by atoms with Gasteiger partial charge in [0.1, 0.15) is 6.10 Å². The number of morpholine rings is 1. The van der Waals surface area contributed by atoms with Gasteiger partial charge in [0, 0.05) is 44.1 Å². The molecule has 0 spiro atoms. The largest absolute Gasteiger partial charge is 0.460 e. The van der Waals surface area contributed by atoms with Crippen LogP contribution in [0.4, 0.5) is 0 Å². The van der Waals surface area contributed by atoms with Crippen LogP contribution in [-0.2, 0) is 14.3 Å². The van der Waals surface area contributed by atoms with Gasteiger partial charge in [0.25, 0.3) is 0 Å². The molecular formula is C32H54N2O4. The van der Waals surface area contributed by atoms with Gasteiger partial charge in [-0.2, -0.15) is 0 Å². The molecule has 6 fully saturated rings. The first-order chi connectivity index (χ1) is 18.2. The molecule has 0 aromatic heterocycles. The summed E-state index contributed by atoms with van der Waals surface area (Å²) in [5.74, 6) is 3.41. The van der Waals surface area contributed by atoms with Crippen LogP contribution in [0.3, 0.4) is 0 Å². The summed E-state index contributed by atoms with van der Waals surface area (Å²) < 4.78 is 11.9. The van der Waals surface area contributed by atoms with Crippen LogP contribution in [0, 0.1) is 40.4 Å². The van der Waals surface area contributed by atoms with Gasteiger partial charge in [0.05, 0.1) is 19.3 Å². The van der Waals surface area contributed by atoms with Crippen molar-refractivity contribution >= 4 is 5.97 Å². The average molecular weight is 531 g/mol. The average Bonchev–Trinajstić information content (AvgIpc) is 3.47. The van der Waals surface area contributed by atoms with Gasteiger partial charge in [-0.15, -0.1) is 0 Å². The van der Waals surface area contributed by atoms with Crippen molar-refractivity contribution in [1.82, 2.24) is 9.80 Å². The zero-order chi connectivity index (χ0) is 26.7. The van der Waals surface area contributed by atoms with E-state index in [-0.39, 0.29) is 29.6 Å². The predicted octanol–water partition coefficient (Wildman–Crippen LogP) is 4.73. The standard InChI is InChI=1S/C32H54N2O4/c1-5-6-22-10-12-34(20-22)27-18-26-24-8-7-23-17-29(36)28(33-13-15-37-16-14-33)19-32(23,4)25(24)9-11-31(26,3)30(27)38-21(2)35/h22-30,36H,5-20H2,1-4H3. The van der Waals surface area contributed by atoms with Crippen LogP contribution in [0.25, 0.3) is 0 Å². The van der Waals surface area contributed by atoms with E-state index in [1.807, 2.05) is 0 Å². The van der Waals surface area contributed by atoms with Crippen LogP contribution in [-0.4, -0.2) is 84.6 Å². The second kappa shape index (κ2) is 10.6. The van der Waals surface area contributed by atoms with E-state index in [0.29, 0.717) is 29.2 Å². The van der Waals surface area contributed by atoms with Crippen LogP contribution >= 0.6 is 0 Å². The Morgan fingerprint density at radius 1 is 0.974 bits per heavy atom. The zero-order valence-electron chi connectivity index (χ0n) is 24.6. The molecule has 2 saturated heterocycles. The van der Waals surface area contributed by atoms with Crippen LogP contribution in [0.1, 0.15) is 91.9 Å². The highest BCUT2D eigenvalue weighted by Gasteiger charge is 2.65. The number of rotatable bonds is 5. The van der Waals surface area contributed by atoms with Crippen LogP contribution < -0.4 is 0 Å². The van der Waals surface area contributed by atoms with E-state index >= 15 is 0 Å². The van der Waals surface area contributed by atoms with Gasteiger partial charge in [-0.05, 0) is 99.3 Å². The smallest absolute Gasteiger partial charge is 0.302 e. The quantitative estimate of drug-likeness (QED) is 0.519. The van der Waals surface area contributed by atoms with Crippen molar-refractivity contribution in [2.45, 2.75) is 116 Å². The van der Waals surface area contributed by atoms with Gasteiger partial charge in [-0.25, -0.2) is 0 Å². The van der Waals surface area contributed by atoms with E-state index < -0.39 is 0 Å². The molecule has 6 heteroatoms. The molecule has 0 bridgehead atoms. The second-order valence-corrected chi connectivity index (χ2v) is 14.7. The molecule has 0 radical (unpaired) electrons. The monoisotopic (exact) mass is 530 g/mol. The number of aliphatic hydroxyl groups is 1. The summed E-state index contributed by atoms with van der Waals surface area (Å²) in [6, 6.07) is 0.659. The van der Waals surface area contributed by atoms with E-state index in [1.54, 1.807) is 6.92 Å². The van der Waals surface area contributed by atoms with Crippen molar-refractivity contribution in [3.05, 3.63) is 0 Å². The minimum Gasteiger partial charge on any atom is -0.460 e. The molecular weight excluding hydrogens is 476 g/mol. The minimum absolute atomic E-state index is 0.0335. The molecule has 0 amide bonds. The summed E-state index contributed by atoms with van der Waals surface area (Å²) in [5, 5.41) is 11.3. The van der Waals surface area contributed by atoms with E-state index in [0.717, 1.165) is 51.0 Å². The lowest BCUT2D eigenvalue weighted by Gasteiger charge is -2.62. The molecule has 1 N–H and O–H groups in total. The highest BCUT2D eigenvalue weighted by atomic mass is 16.5. The summed E-state index contributed by atoms with van der Waals surface area (Å²) in [7, 11) is 0. The number of nitrogens with zero attached hydrogens (tertiary/aromatic N) is 2. The molecule has 4 saturated carbocycles. The van der Waals surface area contributed by atoms with Crippen LogP contribution in [0.15, 0.2) is 0 Å². The predicted molar refractivity (Wildman–Crippen MR) is 149 cm³/mol. The normalized spacial score (nSPS) is 49.8. The van der Waals surface area contributed by atoms with Crippen LogP contribution in [0.2, 0.25) is 0 Å². The number of likely N-dealkylation sites (tertiary alicyclic amines) is 1. The summed E-state index contributed by atoms with van der Waals surface area (Å²) >= 11 is 0. The summed E-state index contributed by atoms with van der Waals surface area (Å²) in [5.41, 5.74) is 0.378. The molecule has 38 heavy (non-hydrogen) atoms. The highest BCUT2D eigenvalue weighted by Crippen LogP contribution is 2.67. The Morgan fingerprint density at radius 2 is 1.76 bits per heavy atom. The molecule has 11 unspecified atom stereocenters. The molecule has 6 nitrogen and oxygen atoms in total. The maximum absolute atomic E-state index is 12.4. The van der Waals surface area contributed by atoms with Gasteiger partial charge in [-0.3, -0.25) is 14.6 Å². The van der Waals surface area contributed by atoms with E-state index in [9.17, 15) is 9.90 Å². The van der Waals surface area contributed by atoms with Gasteiger partial charge < -0.3 is 14.6 Å². The topological polar surface area (TPSA) is 62.2 Å². The molecule has 6 rings (SSSR count). The summed E-state index contributed by atoms with van der Waals surface area (Å²) in [4.78, 5) is 17.7. The molecule has 11 atom stereocenters. The summed E-state index contributed by atoms with van der Waals surface area (Å²) in [6.07, 6.45) is 12.0. The Balaban J connectivity index is 1.25. The first-order valence-electron chi connectivity index (χ1n) is 16.2. The molecule has 4 aliphatic carbocycles. The molecule has 0 aromatic carbocycles. The van der Waals surface area contributed by atoms with Crippen LogP contribution in [0.5, 0.6) is 0 Å². The third kappa shape index (κ3) is 4.58. The number of carbonyl (C=O) groups is 1. The van der Waals surface area contributed by atoms with Crippen molar-refractivity contribution in [2.75, 3.05) is 39.4 Å². The van der Waals surface area contributed by atoms with Gasteiger partial charge in [0.2, 0.25) is 0 Å². The Kier molecular flexibility index (Phi) is 7.67. The number of hydrogen-bond acceptors (Lipinski definition) is 6. The van der Waals surface area contributed by atoms with E-state index in [4.69, 9.17) is 9.47 Å². The Bertz CT molecular complexity index is 862. The van der Waals surface area contributed by atoms with Crippen molar-refractivity contribution in [2.24, 2.45) is 40.4 Å². The third-order valence-corrected chi connectivity index (χ3v) is 12.9. The second-order valence-electron chi connectivity index (χ2n) is 14.7. The molecule has 2 aliphatic heterocycles. The number of esters is 1. The van der Waals surface area contributed by atoms with E-state index in [2.05, 4.69) is 30.6 Å². The molecule has 6 aliphatic rings. The lowest BCUT2D eigenvalue weighted by molar-refractivity contribution is -0.172. The van der Waals surface area contributed by atoms with Crippen molar-refractivity contribution in [1.29, 1.82) is 0 Å². The summed E-state index contributed by atoms with van der Waals surface area (Å²) in [6.45, 7) is 14.9. The van der Waals surface area contributed by atoms with Gasteiger partial charge in [0.15, 0.2) is 0 Å². The maximum Gasteiger partial charge on any atom is 0.302 e. The van der Waals surface area contributed by atoms with Gasteiger partial charge >= 0.3 is 5.97 Å². The van der Waals surface area contributed by atoms with Crippen molar-refractivity contribution in [3.63, 3.8) is 0 Å². The molecule has 2 heterocycles. The SMILES string of the molecule is CCCC1CCN(C2CC3C4CCC5CC(O)C(N6CCOCC6)CC5(C)C4CCC3(C)C2OC(C)=O)C1. The fourth-order valence-electron chi connectivity index (χ4n) is 11.1. The third-order valence-electron chi connectivity index (χ3n) is 12.9. The molecule has 0 aromatic rings. The fraction of sp³-hybridized carbons (Fsp3) is 0.969. The lowest BCUT2D eigenvalue weighted by atomic mass is 9.44.